The number of hydrogen-bond acceptors (Lipinski definition) is 4. The molecule has 2 atom stereocenters. The molecule has 0 fully saturated rings. The van der Waals surface area contributed by atoms with Crippen molar-refractivity contribution in [1.82, 2.24) is 0 Å². The van der Waals surface area contributed by atoms with E-state index in [0.29, 0.717) is 12.2 Å². The zero-order chi connectivity index (χ0) is 16.1. The molecule has 0 bridgehead atoms. The molecule has 0 aliphatic heterocycles. The molecule has 0 heterocycles. The monoisotopic (exact) mass is 334 g/mol. The number of hydrogen-bond donors (Lipinski definition) is 2. The van der Waals surface area contributed by atoms with E-state index in [1.807, 2.05) is 6.26 Å². The topological polar surface area (TPSA) is 54.4 Å². The second-order valence-electron chi connectivity index (χ2n) is 5.57. The quantitative estimate of drug-likeness (QED) is 0.364. The molecule has 0 spiro atoms. The van der Waals surface area contributed by atoms with Gasteiger partial charge in [0.05, 0.1) is 0 Å². The normalized spacial score (nSPS) is 13.9. The molecule has 21 heavy (non-hydrogen) atoms. The Labute approximate surface area is 139 Å². The van der Waals surface area contributed by atoms with Crippen molar-refractivity contribution in [3.05, 3.63) is 0 Å². The van der Waals surface area contributed by atoms with E-state index in [-0.39, 0.29) is 17.6 Å². The maximum atomic E-state index is 12.1. The van der Waals surface area contributed by atoms with E-state index in [1.54, 1.807) is 11.8 Å². The van der Waals surface area contributed by atoms with Crippen molar-refractivity contribution in [3.8, 4) is 0 Å². The SMILES string of the molecule is CCCC(CCC(S)CCCCC(=O)O)C(=O)CCSC. The van der Waals surface area contributed by atoms with E-state index in [4.69, 9.17) is 5.11 Å². The number of ketones is 1. The van der Waals surface area contributed by atoms with Crippen LogP contribution in [0.4, 0.5) is 0 Å². The summed E-state index contributed by atoms with van der Waals surface area (Å²) >= 11 is 6.30. The smallest absolute Gasteiger partial charge is 0.303 e. The molecule has 3 nitrogen and oxygen atoms in total. The van der Waals surface area contributed by atoms with Gasteiger partial charge in [0.1, 0.15) is 5.78 Å². The van der Waals surface area contributed by atoms with Crippen molar-refractivity contribution in [1.29, 1.82) is 0 Å². The molecule has 0 rings (SSSR count). The molecule has 0 aromatic heterocycles. The lowest BCUT2D eigenvalue weighted by Gasteiger charge is -2.17. The van der Waals surface area contributed by atoms with Gasteiger partial charge in [-0.25, -0.2) is 0 Å². The standard InChI is InChI=1S/C16H30O3S2/c1-3-6-13(15(17)11-12-21-2)9-10-14(20)7-4-5-8-16(18)19/h13-14,20H,3-12H2,1-2H3,(H,18,19). The van der Waals surface area contributed by atoms with Crippen LogP contribution in [0.3, 0.4) is 0 Å². The van der Waals surface area contributed by atoms with E-state index in [0.717, 1.165) is 50.7 Å². The molecule has 0 aliphatic rings. The molecule has 1 N–H and O–H groups in total. The zero-order valence-electron chi connectivity index (χ0n) is 13.3. The lowest BCUT2D eigenvalue weighted by molar-refractivity contribution is -0.137. The molecule has 124 valence electrons. The second-order valence-corrected chi connectivity index (χ2v) is 7.28. The third-order valence-corrected chi connectivity index (χ3v) is 4.80. The minimum atomic E-state index is -0.729. The fourth-order valence-electron chi connectivity index (χ4n) is 2.42. The summed E-state index contributed by atoms with van der Waals surface area (Å²) in [7, 11) is 0. The average Bonchev–Trinajstić information content (AvgIpc) is 2.45. The fourth-order valence-corrected chi connectivity index (χ4v) is 3.15. The Morgan fingerprint density at radius 2 is 1.81 bits per heavy atom. The van der Waals surface area contributed by atoms with Crippen LogP contribution < -0.4 is 0 Å². The summed E-state index contributed by atoms with van der Waals surface area (Å²) < 4.78 is 0. The van der Waals surface area contributed by atoms with Crippen LogP contribution >= 0.6 is 24.4 Å². The number of rotatable bonds is 14. The first-order valence-corrected chi connectivity index (χ1v) is 9.83. The Morgan fingerprint density at radius 3 is 2.38 bits per heavy atom. The van der Waals surface area contributed by atoms with Crippen LogP contribution in [0.25, 0.3) is 0 Å². The molecule has 0 aliphatic carbocycles. The van der Waals surface area contributed by atoms with Crippen LogP contribution in [0.15, 0.2) is 0 Å². The summed E-state index contributed by atoms with van der Waals surface area (Å²) in [5, 5.41) is 8.87. The maximum Gasteiger partial charge on any atom is 0.303 e. The largest absolute Gasteiger partial charge is 0.481 e. The highest BCUT2D eigenvalue weighted by molar-refractivity contribution is 7.98. The third-order valence-electron chi connectivity index (χ3n) is 3.67. The van der Waals surface area contributed by atoms with Gasteiger partial charge in [-0.3, -0.25) is 9.59 Å². The van der Waals surface area contributed by atoms with Gasteiger partial charge < -0.3 is 5.11 Å². The van der Waals surface area contributed by atoms with E-state index in [1.165, 1.54) is 0 Å². The molecule has 0 saturated heterocycles. The average molecular weight is 335 g/mol. The molecular formula is C16H30O3S2. The molecule has 5 heteroatoms. The molecule has 0 radical (unpaired) electrons. The number of Topliss-reactive ketones (excluding diaryl/α,β-unsaturated/α-hetero) is 1. The van der Waals surface area contributed by atoms with E-state index < -0.39 is 5.97 Å². The van der Waals surface area contributed by atoms with Crippen LogP contribution in [0.5, 0.6) is 0 Å². The van der Waals surface area contributed by atoms with Crippen molar-refractivity contribution in [2.24, 2.45) is 5.92 Å². The molecule has 0 aromatic carbocycles. The number of carboxylic acids is 1. The Kier molecular flexibility index (Phi) is 13.4. The van der Waals surface area contributed by atoms with Gasteiger partial charge in [-0.1, -0.05) is 19.8 Å². The van der Waals surface area contributed by atoms with E-state index in [2.05, 4.69) is 19.6 Å². The Bertz CT molecular complexity index is 295. The third kappa shape index (κ3) is 12.1. The van der Waals surface area contributed by atoms with Gasteiger partial charge in [-0.05, 0) is 44.1 Å². The number of carbonyl (C=O) groups excluding carboxylic acids is 1. The van der Waals surface area contributed by atoms with Gasteiger partial charge in [0.2, 0.25) is 0 Å². The fraction of sp³-hybridized carbons (Fsp3) is 0.875. The predicted octanol–water partition coefficient (Wildman–Crippen LogP) is 4.45. The summed E-state index contributed by atoms with van der Waals surface area (Å²) in [6, 6.07) is 0. The minimum Gasteiger partial charge on any atom is -0.481 e. The second kappa shape index (κ2) is 13.5. The van der Waals surface area contributed by atoms with Gasteiger partial charge in [-0.15, -0.1) is 0 Å². The lowest BCUT2D eigenvalue weighted by Crippen LogP contribution is -2.17. The summed E-state index contributed by atoms with van der Waals surface area (Å²) in [5.41, 5.74) is 0. The zero-order valence-corrected chi connectivity index (χ0v) is 15.1. The van der Waals surface area contributed by atoms with E-state index in [9.17, 15) is 9.59 Å². The summed E-state index contributed by atoms with van der Waals surface area (Å²) in [5.74, 6) is 0.778. The highest BCUT2D eigenvalue weighted by Crippen LogP contribution is 2.22. The molecule has 2 unspecified atom stereocenters. The van der Waals surface area contributed by atoms with Crippen molar-refractivity contribution in [2.45, 2.75) is 70.0 Å². The molecule has 0 saturated carbocycles. The van der Waals surface area contributed by atoms with Gasteiger partial charge in [0, 0.05) is 24.0 Å². The van der Waals surface area contributed by atoms with Crippen molar-refractivity contribution in [3.63, 3.8) is 0 Å². The van der Waals surface area contributed by atoms with Gasteiger partial charge in [-0.2, -0.15) is 24.4 Å². The van der Waals surface area contributed by atoms with Gasteiger partial charge >= 0.3 is 5.97 Å². The minimum absolute atomic E-state index is 0.191. The number of carboxylic acid groups (broad SMARTS) is 1. The first-order chi connectivity index (χ1) is 10.0. The van der Waals surface area contributed by atoms with Gasteiger partial charge in [0.25, 0.3) is 0 Å². The summed E-state index contributed by atoms with van der Waals surface area (Å²) in [6.45, 7) is 2.12. The summed E-state index contributed by atoms with van der Waals surface area (Å²) in [6.07, 6.45) is 9.42. The van der Waals surface area contributed by atoms with Crippen LogP contribution in [-0.2, 0) is 9.59 Å². The number of unbranched alkanes of at least 4 members (excludes halogenated alkanes) is 1. The van der Waals surface area contributed by atoms with Crippen molar-refractivity contribution >= 4 is 36.1 Å². The number of aliphatic carboxylic acids is 1. The van der Waals surface area contributed by atoms with Gasteiger partial charge in [0.15, 0.2) is 0 Å². The highest BCUT2D eigenvalue weighted by Gasteiger charge is 2.18. The Morgan fingerprint density at radius 1 is 1.10 bits per heavy atom. The van der Waals surface area contributed by atoms with Crippen molar-refractivity contribution < 1.29 is 14.7 Å². The Hall–Kier alpha value is -0.160. The van der Waals surface area contributed by atoms with Crippen LogP contribution in [0.2, 0.25) is 0 Å². The first kappa shape index (κ1) is 20.8. The number of thioether (sulfide) groups is 1. The molecule has 0 aromatic rings. The van der Waals surface area contributed by atoms with Crippen LogP contribution in [0, 0.1) is 5.92 Å². The van der Waals surface area contributed by atoms with Crippen LogP contribution in [0.1, 0.15) is 64.7 Å². The van der Waals surface area contributed by atoms with E-state index >= 15 is 0 Å². The van der Waals surface area contributed by atoms with Crippen molar-refractivity contribution in [2.75, 3.05) is 12.0 Å². The predicted molar refractivity (Wildman–Crippen MR) is 94.5 cm³/mol. The highest BCUT2D eigenvalue weighted by atomic mass is 32.2. The summed E-state index contributed by atoms with van der Waals surface area (Å²) in [4.78, 5) is 22.6. The number of thiol groups is 1. The number of carbonyl (C=O) groups is 2. The Balaban J connectivity index is 3.93. The first-order valence-electron chi connectivity index (χ1n) is 7.92. The molecular weight excluding hydrogens is 304 g/mol. The molecule has 0 amide bonds. The lowest BCUT2D eigenvalue weighted by atomic mass is 9.91. The van der Waals surface area contributed by atoms with Crippen LogP contribution in [-0.4, -0.2) is 34.1 Å². The maximum absolute atomic E-state index is 12.1.